The van der Waals surface area contributed by atoms with E-state index in [2.05, 4.69) is 5.21 Å². The summed E-state index contributed by atoms with van der Waals surface area (Å²) in [5.41, 5.74) is 1.02. The summed E-state index contributed by atoms with van der Waals surface area (Å²) in [6.45, 7) is 0. The second-order valence-electron chi connectivity index (χ2n) is 3.55. The Balaban J connectivity index is 2.35. The van der Waals surface area contributed by atoms with Gasteiger partial charge in [0.25, 0.3) is 0 Å². The summed E-state index contributed by atoms with van der Waals surface area (Å²) >= 11 is 0. The third kappa shape index (κ3) is 1.38. The molecule has 0 saturated carbocycles. The normalized spacial score (nSPS) is 10.8. The molecular formula is C11H8N4O2. The standard InChI is InChI=1S/C11H8N4O2/c16-13-8-4-3-7-11(13)14-9-5-1-2-6-10(9)15(17)12-14/h1-8H. The fourth-order valence-electron chi connectivity index (χ4n) is 1.74. The summed E-state index contributed by atoms with van der Waals surface area (Å²) in [5, 5.41) is 27.0. The largest absolute Gasteiger partial charge is 0.711 e. The molecule has 3 rings (SSSR count). The highest BCUT2D eigenvalue weighted by Crippen LogP contribution is 2.11. The van der Waals surface area contributed by atoms with Gasteiger partial charge in [0, 0.05) is 6.07 Å². The second kappa shape index (κ2) is 3.44. The minimum Gasteiger partial charge on any atom is -0.711 e. The third-order valence-electron chi connectivity index (χ3n) is 2.51. The molecule has 0 atom stereocenters. The van der Waals surface area contributed by atoms with Crippen LogP contribution in [-0.4, -0.2) is 9.90 Å². The van der Waals surface area contributed by atoms with Gasteiger partial charge in [0.2, 0.25) is 11.0 Å². The Morgan fingerprint density at radius 1 is 1.00 bits per heavy atom. The Morgan fingerprint density at radius 3 is 2.59 bits per heavy atom. The van der Waals surface area contributed by atoms with Gasteiger partial charge in [-0.15, -0.1) is 4.85 Å². The van der Waals surface area contributed by atoms with Crippen molar-refractivity contribution in [1.82, 2.24) is 9.90 Å². The molecule has 6 heteroatoms. The van der Waals surface area contributed by atoms with Crippen LogP contribution >= 0.6 is 0 Å². The van der Waals surface area contributed by atoms with Crippen LogP contribution in [0, 0.1) is 10.4 Å². The second-order valence-corrected chi connectivity index (χ2v) is 3.55. The monoisotopic (exact) mass is 228 g/mol. The van der Waals surface area contributed by atoms with Crippen molar-refractivity contribution in [2.75, 3.05) is 0 Å². The number of aromatic nitrogens is 4. The first-order valence-corrected chi connectivity index (χ1v) is 5.03. The van der Waals surface area contributed by atoms with Crippen molar-refractivity contribution in [3.8, 4) is 5.82 Å². The molecule has 0 aliphatic rings. The maximum Gasteiger partial charge on any atom is 0.313 e. The van der Waals surface area contributed by atoms with Crippen molar-refractivity contribution in [2.24, 2.45) is 0 Å². The van der Waals surface area contributed by atoms with E-state index in [1.807, 2.05) is 0 Å². The minimum absolute atomic E-state index is 0.290. The first kappa shape index (κ1) is 9.59. The van der Waals surface area contributed by atoms with E-state index in [0.717, 1.165) is 0 Å². The molecule has 0 aliphatic carbocycles. The van der Waals surface area contributed by atoms with Crippen molar-refractivity contribution >= 4 is 11.0 Å². The van der Waals surface area contributed by atoms with Gasteiger partial charge in [-0.2, -0.15) is 0 Å². The maximum absolute atomic E-state index is 11.6. The van der Waals surface area contributed by atoms with E-state index in [4.69, 9.17) is 0 Å². The SMILES string of the molecule is [O-][n+]1ccccc1-n1n[n+]([O-])c2ccccc21. The Morgan fingerprint density at radius 2 is 1.76 bits per heavy atom. The molecule has 0 unspecified atom stereocenters. The van der Waals surface area contributed by atoms with Gasteiger partial charge in [0.05, 0.1) is 6.20 Å². The minimum atomic E-state index is 0.290. The summed E-state index contributed by atoms with van der Waals surface area (Å²) < 4.78 is 1.99. The molecule has 0 saturated heterocycles. The van der Waals surface area contributed by atoms with Gasteiger partial charge in [-0.05, 0) is 18.2 Å². The molecule has 0 amide bonds. The van der Waals surface area contributed by atoms with Crippen molar-refractivity contribution in [3.63, 3.8) is 0 Å². The van der Waals surface area contributed by atoms with E-state index in [1.54, 1.807) is 42.5 Å². The van der Waals surface area contributed by atoms with Crippen LogP contribution in [0.5, 0.6) is 0 Å². The lowest BCUT2D eigenvalue weighted by molar-refractivity contribution is -0.649. The van der Waals surface area contributed by atoms with Crippen molar-refractivity contribution in [3.05, 3.63) is 59.1 Å². The molecule has 17 heavy (non-hydrogen) atoms. The predicted octanol–water partition coefficient (Wildman–Crippen LogP) is 0.292. The van der Waals surface area contributed by atoms with E-state index in [9.17, 15) is 10.4 Å². The van der Waals surface area contributed by atoms with Crippen LogP contribution in [0.15, 0.2) is 48.7 Å². The van der Waals surface area contributed by atoms with Gasteiger partial charge in [-0.25, -0.2) is 4.73 Å². The molecule has 0 N–H and O–H groups in total. The van der Waals surface area contributed by atoms with Crippen LogP contribution < -0.4 is 9.58 Å². The topological polar surface area (TPSA) is 71.7 Å². The Bertz CT molecular complexity index is 693. The van der Waals surface area contributed by atoms with E-state index in [1.165, 1.54) is 10.9 Å². The molecule has 0 aliphatic heterocycles. The highest BCUT2D eigenvalue weighted by atomic mass is 16.5. The zero-order chi connectivity index (χ0) is 11.8. The lowest BCUT2D eigenvalue weighted by atomic mass is 10.3. The van der Waals surface area contributed by atoms with Gasteiger partial charge < -0.3 is 10.4 Å². The predicted molar refractivity (Wildman–Crippen MR) is 59.0 cm³/mol. The van der Waals surface area contributed by atoms with E-state index < -0.39 is 0 Å². The highest BCUT2D eigenvalue weighted by molar-refractivity contribution is 5.72. The molecule has 2 aromatic heterocycles. The third-order valence-corrected chi connectivity index (χ3v) is 2.51. The summed E-state index contributed by atoms with van der Waals surface area (Å²) in [6.07, 6.45) is 1.36. The van der Waals surface area contributed by atoms with Crippen LogP contribution in [0.2, 0.25) is 0 Å². The lowest BCUT2D eigenvalue weighted by Crippen LogP contribution is -2.34. The number of para-hydroxylation sites is 2. The van der Waals surface area contributed by atoms with Crippen molar-refractivity contribution in [2.45, 2.75) is 0 Å². The van der Waals surface area contributed by atoms with Crippen LogP contribution in [0.1, 0.15) is 0 Å². The summed E-state index contributed by atoms with van der Waals surface area (Å²) in [7, 11) is 0. The van der Waals surface area contributed by atoms with Gasteiger partial charge in [-0.1, -0.05) is 22.9 Å². The molecule has 0 spiro atoms. The summed E-state index contributed by atoms with van der Waals surface area (Å²) in [4.78, 5) is 0.502. The number of fused-ring (bicyclic) bond motifs is 1. The number of nitrogens with zero attached hydrogens (tertiary/aromatic N) is 4. The number of pyridine rings is 1. The van der Waals surface area contributed by atoms with Crippen LogP contribution in [0.3, 0.4) is 0 Å². The first-order valence-electron chi connectivity index (χ1n) is 5.03. The molecule has 0 radical (unpaired) electrons. The molecule has 84 valence electrons. The number of hydrogen-bond donors (Lipinski definition) is 0. The summed E-state index contributed by atoms with van der Waals surface area (Å²) in [6, 6.07) is 11.9. The fraction of sp³-hybridized carbons (Fsp3) is 0. The molecule has 0 fully saturated rings. The van der Waals surface area contributed by atoms with Gasteiger partial charge in [0.1, 0.15) is 5.21 Å². The van der Waals surface area contributed by atoms with E-state index in [-0.39, 0.29) is 0 Å². The molecule has 2 heterocycles. The van der Waals surface area contributed by atoms with Crippen LogP contribution in [0.4, 0.5) is 0 Å². The molecule has 0 bridgehead atoms. The zero-order valence-electron chi connectivity index (χ0n) is 8.72. The Kier molecular flexibility index (Phi) is 1.94. The van der Waals surface area contributed by atoms with E-state index in [0.29, 0.717) is 26.4 Å². The Labute approximate surface area is 96.1 Å². The molecule has 1 aromatic carbocycles. The smallest absolute Gasteiger partial charge is 0.313 e. The molecule has 6 nitrogen and oxygen atoms in total. The van der Waals surface area contributed by atoms with Crippen molar-refractivity contribution in [1.29, 1.82) is 0 Å². The highest BCUT2D eigenvalue weighted by Gasteiger charge is 2.18. The van der Waals surface area contributed by atoms with Crippen molar-refractivity contribution < 1.29 is 9.58 Å². The number of rotatable bonds is 1. The first-order chi connectivity index (χ1) is 8.27. The number of benzene rings is 1. The van der Waals surface area contributed by atoms with Crippen LogP contribution in [-0.2, 0) is 0 Å². The molecule has 3 aromatic rings. The van der Waals surface area contributed by atoms with Gasteiger partial charge in [-0.3, -0.25) is 0 Å². The van der Waals surface area contributed by atoms with Gasteiger partial charge in [0.15, 0.2) is 0 Å². The lowest BCUT2D eigenvalue weighted by Gasteiger charge is -2.04. The fourth-order valence-corrected chi connectivity index (χ4v) is 1.74. The number of hydrogen-bond acceptors (Lipinski definition) is 3. The zero-order valence-corrected chi connectivity index (χ0v) is 8.72. The van der Waals surface area contributed by atoms with Gasteiger partial charge >= 0.3 is 5.82 Å². The quantitative estimate of drug-likeness (QED) is 0.444. The maximum atomic E-state index is 11.6. The average molecular weight is 228 g/mol. The Hall–Kier alpha value is -2.63. The average Bonchev–Trinajstić information content (AvgIpc) is 2.68. The molecular weight excluding hydrogens is 220 g/mol. The van der Waals surface area contributed by atoms with Crippen LogP contribution in [0.25, 0.3) is 16.9 Å². The summed E-state index contributed by atoms with van der Waals surface area (Å²) in [5.74, 6) is 0.290. The van der Waals surface area contributed by atoms with E-state index >= 15 is 0 Å².